The van der Waals surface area contributed by atoms with Crippen LogP contribution in [0, 0.1) is 11.3 Å². The molecule has 6 nitrogen and oxygen atoms in total. The molecule has 21 heavy (non-hydrogen) atoms. The zero-order valence-corrected chi connectivity index (χ0v) is 12.3. The third kappa shape index (κ3) is 4.06. The van der Waals surface area contributed by atoms with Gasteiger partial charge in [0.15, 0.2) is 0 Å². The molecular formula is C15H22O6. The smallest absolute Gasteiger partial charge is 0.333 e. The molecule has 1 rings (SSSR count). The van der Waals surface area contributed by atoms with Crippen LogP contribution in [0.5, 0.6) is 0 Å². The summed E-state index contributed by atoms with van der Waals surface area (Å²) in [6, 6.07) is 0. The largest absolute Gasteiger partial charge is 0.481 e. The summed E-state index contributed by atoms with van der Waals surface area (Å²) in [5.41, 5.74) is -0.969. The molecule has 0 aromatic carbocycles. The molecule has 6 heteroatoms. The van der Waals surface area contributed by atoms with Crippen molar-refractivity contribution >= 4 is 17.9 Å². The number of esters is 1. The zero-order valence-electron chi connectivity index (χ0n) is 12.3. The van der Waals surface area contributed by atoms with E-state index in [4.69, 9.17) is 4.74 Å². The lowest BCUT2D eigenvalue weighted by atomic mass is 9.64. The van der Waals surface area contributed by atoms with Crippen molar-refractivity contribution in [3.8, 4) is 0 Å². The summed E-state index contributed by atoms with van der Waals surface area (Å²) in [5, 5.41) is 18.8. The monoisotopic (exact) mass is 298 g/mol. The molecule has 1 fully saturated rings. The van der Waals surface area contributed by atoms with Crippen LogP contribution in [0.15, 0.2) is 12.2 Å². The Kier molecular flexibility index (Phi) is 5.93. The van der Waals surface area contributed by atoms with Crippen LogP contribution < -0.4 is 0 Å². The van der Waals surface area contributed by atoms with Crippen LogP contribution in [0.3, 0.4) is 0 Å². The molecule has 0 saturated heterocycles. The Morgan fingerprint density at radius 3 is 2.48 bits per heavy atom. The molecule has 0 aromatic rings. The lowest BCUT2D eigenvalue weighted by molar-refractivity contribution is -0.167. The number of carboxylic acids is 2. The number of carbonyl (C=O) groups excluding carboxylic acids is 1. The Bertz CT molecular complexity index is 441. The van der Waals surface area contributed by atoms with Crippen molar-refractivity contribution in [2.75, 3.05) is 6.61 Å². The number of carbonyl (C=O) groups is 3. The normalized spacial score (nSPS) is 25.1. The van der Waals surface area contributed by atoms with Gasteiger partial charge in [0.2, 0.25) is 0 Å². The second-order valence-corrected chi connectivity index (χ2v) is 5.62. The lowest BCUT2D eigenvalue weighted by Gasteiger charge is -2.38. The molecule has 1 aliphatic carbocycles. The maximum Gasteiger partial charge on any atom is 0.333 e. The summed E-state index contributed by atoms with van der Waals surface area (Å²) in [7, 11) is 0. The van der Waals surface area contributed by atoms with Crippen molar-refractivity contribution in [1.29, 1.82) is 0 Å². The second kappa shape index (κ2) is 7.24. The Hall–Kier alpha value is -1.85. The van der Waals surface area contributed by atoms with E-state index < -0.39 is 29.2 Å². The van der Waals surface area contributed by atoms with E-state index in [0.717, 1.165) is 6.42 Å². The van der Waals surface area contributed by atoms with Crippen LogP contribution >= 0.6 is 0 Å². The van der Waals surface area contributed by atoms with Gasteiger partial charge in [-0.3, -0.25) is 9.59 Å². The van der Waals surface area contributed by atoms with Gasteiger partial charge in [-0.25, -0.2) is 4.79 Å². The van der Waals surface area contributed by atoms with Crippen LogP contribution in [0.2, 0.25) is 0 Å². The summed E-state index contributed by atoms with van der Waals surface area (Å²) in [5.74, 6) is -3.52. The van der Waals surface area contributed by atoms with Crippen LogP contribution in [-0.4, -0.2) is 34.7 Å². The third-order valence-corrected chi connectivity index (χ3v) is 4.11. The van der Waals surface area contributed by atoms with Gasteiger partial charge in [0.25, 0.3) is 0 Å². The van der Waals surface area contributed by atoms with E-state index in [1.54, 1.807) is 0 Å². The van der Waals surface area contributed by atoms with Gasteiger partial charge in [0.1, 0.15) is 0 Å². The van der Waals surface area contributed by atoms with Gasteiger partial charge >= 0.3 is 17.9 Å². The van der Waals surface area contributed by atoms with Gasteiger partial charge in [-0.15, -0.1) is 0 Å². The number of hydrogen-bond donors (Lipinski definition) is 2. The first-order valence-electron chi connectivity index (χ1n) is 7.10. The molecule has 1 aliphatic rings. The summed E-state index contributed by atoms with van der Waals surface area (Å²) in [6.07, 6.45) is 2.71. The molecular weight excluding hydrogens is 276 g/mol. The minimum Gasteiger partial charge on any atom is -0.481 e. The summed E-state index contributed by atoms with van der Waals surface area (Å²) in [6.45, 7) is 5.06. The predicted octanol–water partition coefficient (Wildman–Crippen LogP) is 2.23. The molecule has 0 amide bonds. The van der Waals surface area contributed by atoms with Crippen LogP contribution in [0.25, 0.3) is 0 Å². The Labute approximate surface area is 123 Å². The molecule has 2 N–H and O–H groups in total. The Morgan fingerprint density at radius 1 is 1.29 bits per heavy atom. The fourth-order valence-corrected chi connectivity index (χ4v) is 2.94. The van der Waals surface area contributed by atoms with E-state index in [9.17, 15) is 24.6 Å². The number of carboxylic acid groups (broad SMARTS) is 2. The van der Waals surface area contributed by atoms with Gasteiger partial charge in [0.05, 0.1) is 17.9 Å². The molecule has 118 valence electrons. The second-order valence-electron chi connectivity index (χ2n) is 5.62. The van der Waals surface area contributed by atoms with Crippen molar-refractivity contribution in [2.45, 2.75) is 45.4 Å². The average Bonchev–Trinajstić information content (AvgIpc) is 2.43. The lowest BCUT2D eigenvalue weighted by Crippen LogP contribution is -2.45. The van der Waals surface area contributed by atoms with Gasteiger partial charge in [-0.2, -0.15) is 0 Å². The van der Waals surface area contributed by atoms with E-state index in [1.807, 2.05) is 0 Å². The van der Waals surface area contributed by atoms with Crippen LogP contribution in [-0.2, 0) is 19.1 Å². The van der Waals surface area contributed by atoms with Crippen molar-refractivity contribution in [3.63, 3.8) is 0 Å². The first-order chi connectivity index (χ1) is 9.81. The summed E-state index contributed by atoms with van der Waals surface area (Å²) < 4.78 is 4.94. The highest BCUT2D eigenvalue weighted by Crippen LogP contribution is 2.45. The van der Waals surface area contributed by atoms with E-state index in [-0.39, 0.29) is 18.6 Å². The molecule has 0 radical (unpaired) electrons. The quantitative estimate of drug-likeness (QED) is 0.424. The summed E-state index contributed by atoms with van der Waals surface area (Å²) >= 11 is 0. The minimum atomic E-state index is -1.25. The highest BCUT2D eigenvalue weighted by atomic mass is 16.5. The SMILES string of the molecule is C=C(C)C(=O)OCCCC1(C(=O)O)CCCCC1C(=O)O. The van der Waals surface area contributed by atoms with Gasteiger partial charge in [-0.05, 0) is 32.6 Å². The molecule has 1 saturated carbocycles. The van der Waals surface area contributed by atoms with E-state index in [1.165, 1.54) is 6.92 Å². The van der Waals surface area contributed by atoms with Crippen molar-refractivity contribution in [1.82, 2.24) is 0 Å². The highest BCUT2D eigenvalue weighted by molar-refractivity contribution is 5.87. The minimum absolute atomic E-state index is 0.0765. The maximum atomic E-state index is 11.6. The molecule has 0 aromatic heterocycles. The highest BCUT2D eigenvalue weighted by Gasteiger charge is 2.50. The van der Waals surface area contributed by atoms with E-state index >= 15 is 0 Å². The topological polar surface area (TPSA) is 101 Å². The van der Waals surface area contributed by atoms with Crippen molar-refractivity contribution in [3.05, 3.63) is 12.2 Å². The van der Waals surface area contributed by atoms with Crippen LogP contribution in [0.1, 0.15) is 45.4 Å². The van der Waals surface area contributed by atoms with Gasteiger partial charge < -0.3 is 14.9 Å². The molecule has 0 bridgehead atoms. The van der Waals surface area contributed by atoms with Crippen LogP contribution in [0.4, 0.5) is 0 Å². The van der Waals surface area contributed by atoms with E-state index in [0.29, 0.717) is 25.7 Å². The fourth-order valence-electron chi connectivity index (χ4n) is 2.94. The molecule has 0 aliphatic heterocycles. The molecule has 2 unspecified atom stereocenters. The number of aliphatic carboxylic acids is 2. The van der Waals surface area contributed by atoms with Crippen molar-refractivity contribution < 1.29 is 29.3 Å². The molecule has 0 heterocycles. The number of rotatable bonds is 7. The van der Waals surface area contributed by atoms with Gasteiger partial charge in [0, 0.05) is 5.57 Å². The third-order valence-electron chi connectivity index (χ3n) is 4.11. The first-order valence-corrected chi connectivity index (χ1v) is 7.10. The van der Waals surface area contributed by atoms with E-state index in [2.05, 4.69) is 6.58 Å². The fraction of sp³-hybridized carbons (Fsp3) is 0.667. The molecule has 0 spiro atoms. The average molecular weight is 298 g/mol. The summed E-state index contributed by atoms with van der Waals surface area (Å²) in [4.78, 5) is 34.2. The predicted molar refractivity (Wildman–Crippen MR) is 74.7 cm³/mol. The Morgan fingerprint density at radius 2 is 1.95 bits per heavy atom. The molecule has 2 atom stereocenters. The Balaban J connectivity index is 2.68. The number of hydrogen-bond acceptors (Lipinski definition) is 4. The van der Waals surface area contributed by atoms with Gasteiger partial charge in [-0.1, -0.05) is 19.4 Å². The standard InChI is InChI=1S/C15H22O6/c1-10(2)13(18)21-9-5-8-15(14(19)20)7-4-3-6-11(15)12(16)17/h11H,1,3-9H2,2H3,(H,16,17)(H,19,20). The maximum absolute atomic E-state index is 11.6. The first kappa shape index (κ1) is 17.2. The zero-order chi connectivity index (χ0) is 16.0. The van der Waals surface area contributed by atoms with Crippen molar-refractivity contribution in [2.24, 2.45) is 11.3 Å². The number of ether oxygens (including phenoxy) is 1.